The predicted octanol–water partition coefficient (Wildman–Crippen LogP) is 5.61. The van der Waals surface area contributed by atoms with Crippen molar-refractivity contribution in [1.29, 1.82) is 0 Å². The maximum Gasteiger partial charge on any atom is 0.309 e. The van der Waals surface area contributed by atoms with Crippen molar-refractivity contribution in [1.82, 2.24) is 9.88 Å². The first-order valence-electron chi connectivity index (χ1n) is 12.3. The summed E-state index contributed by atoms with van der Waals surface area (Å²) in [5.41, 5.74) is 3.87. The van der Waals surface area contributed by atoms with Crippen LogP contribution in [0, 0.1) is 17.3 Å². The third-order valence-corrected chi connectivity index (χ3v) is 7.78. The Morgan fingerprint density at radius 2 is 1.81 bits per heavy atom. The van der Waals surface area contributed by atoms with Gasteiger partial charge in [-0.05, 0) is 85.6 Å². The van der Waals surface area contributed by atoms with Gasteiger partial charge in [0.05, 0.1) is 23.2 Å². The molecule has 0 atom stereocenters. The summed E-state index contributed by atoms with van der Waals surface area (Å²) >= 11 is 0. The molecule has 1 N–H and O–H groups in total. The van der Waals surface area contributed by atoms with E-state index in [-0.39, 0.29) is 5.92 Å². The number of carboxylic acid groups (broad SMARTS) is 1. The molecule has 2 heterocycles. The van der Waals surface area contributed by atoms with Gasteiger partial charge in [-0.3, -0.25) is 14.7 Å². The van der Waals surface area contributed by atoms with E-state index < -0.39 is 5.97 Å². The molecule has 2 aliphatic carbocycles. The molecule has 0 bridgehead atoms. The lowest BCUT2D eigenvalue weighted by Crippen LogP contribution is -2.49. The number of carboxylic acids is 1. The summed E-state index contributed by atoms with van der Waals surface area (Å²) in [5.74, 6) is 1.47. The van der Waals surface area contributed by atoms with E-state index in [0.717, 1.165) is 42.3 Å². The van der Waals surface area contributed by atoms with E-state index in [1.165, 1.54) is 36.6 Å². The fraction of sp³-hybridized carbons (Fsp3) is 0.630. The number of fused-ring (bicyclic) bond motifs is 1. The molecule has 0 radical (unpaired) electrons. The molecule has 3 aliphatic rings. The fourth-order valence-corrected chi connectivity index (χ4v) is 5.50. The Labute approximate surface area is 191 Å². The Balaban J connectivity index is 1.30. The first-order chi connectivity index (χ1) is 15.3. The van der Waals surface area contributed by atoms with Crippen LogP contribution in [0.15, 0.2) is 24.3 Å². The Bertz CT molecular complexity index is 994. The Hall–Kier alpha value is -2.14. The Morgan fingerprint density at radius 3 is 2.44 bits per heavy atom. The van der Waals surface area contributed by atoms with E-state index in [1.807, 2.05) is 0 Å². The molecule has 1 aliphatic heterocycles. The maximum atomic E-state index is 11.1. The molecule has 2 aromatic rings. The van der Waals surface area contributed by atoms with Crippen LogP contribution in [-0.4, -0.2) is 40.2 Å². The lowest BCUT2D eigenvalue weighted by atomic mass is 9.72. The van der Waals surface area contributed by atoms with Crippen molar-refractivity contribution >= 4 is 16.9 Å². The van der Waals surface area contributed by atoms with Crippen molar-refractivity contribution in [3.63, 3.8) is 0 Å². The van der Waals surface area contributed by atoms with Crippen LogP contribution >= 0.6 is 0 Å². The highest BCUT2D eigenvalue weighted by molar-refractivity contribution is 5.85. The molecule has 0 spiro atoms. The number of carbonyl (C=O) groups is 1. The van der Waals surface area contributed by atoms with Crippen molar-refractivity contribution in [2.75, 3.05) is 13.1 Å². The van der Waals surface area contributed by atoms with Gasteiger partial charge in [0.1, 0.15) is 5.75 Å². The van der Waals surface area contributed by atoms with Crippen LogP contribution in [0.1, 0.15) is 76.5 Å². The number of aliphatic carboxylic acids is 1. The smallest absolute Gasteiger partial charge is 0.309 e. The first-order valence-corrected chi connectivity index (χ1v) is 12.3. The number of hydrogen-bond donors (Lipinski definition) is 1. The van der Waals surface area contributed by atoms with Gasteiger partial charge in [0.2, 0.25) is 0 Å². The minimum Gasteiger partial charge on any atom is -0.490 e. The van der Waals surface area contributed by atoms with Crippen molar-refractivity contribution in [2.45, 2.75) is 77.9 Å². The topological polar surface area (TPSA) is 62.7 Å². The minimum absolute atomic E-state index is 0.225. The van der Waals surface area contributed by atoms with Crippen LogP contribution in [0.25, 0.3) is 10.9 Å². The van der Waals surface area contributed by atoms with Crippen LogP contribution in [0.4, 0.5) is 0 Å². The molecule has 5 heteroatoms. The maximum absolute atomic E-state index is 11.1. The number of likely N-dealkylation sites (tertiary alicyclic amines) is 1. The Morgan fingerprint density at radius 1 is 1.09 bits per heavy atom. The summed E-state index contributed by atoms with van der Waals surface area (Å²) < 4.78 is 6.44. The lowest BCUT2D eigenvalue weighted by Gasteiger charge is -2.37. The second kappa shape index (κ2) is 8.33. The van der Waals surface area contributed by atoms with E-state index in [9.17, 15) is 4.79 Å². The van der Waals surface area contributed by atoms with E-state index in [0.29, 0.717) is 30.5 Å². The highest BCUT2D eigenvalue weighted by Gasteiger charge is 2.33. The van der Waals surface area contributed by atoms with Crippen molar-refractivity contribution < 1.29 is 14.6 Å². The molecule has 32 heavy (non-hydrogen) atoms. The highest BCUT2D eigenvalue weighted by Crippen LogP contribution is 2.44. The Kier molecular flexibility index (Phi) is 5.65. The molecule has 1 saturated heterocycles. The van der Waals surface area contributed by atoms with Gasteiger partial charge in [0, 0.05) is 25.0 Å². The summed E-state index contributed by atoms with van der Waals surface area (Å²) in [6.07, 6.45) is 7.57. The lowest BCUT2D eigenvalue weighted by molar-refractivity contribution is -0.147. The number of rotatable bonds is 6. The molecule has 5 nitrogen and oxygen atoms in total. The van der Waals surface area contributed by atoms with E-state index >= 15 is 0 Å². The normalized spacial score (nSPS) is 25.0. The third-order valence-electron chi connectivity index (χ3n) is 7.78. The summed E-state index contributed by atoms with van der Waals surface area (Å²) in [7, 11) is 0. The molecule has 2 saturated carbocycles. The zero-order valence-electron chi connectivity index (χ0n) is 19.6. The quantitative estimate of drug-likeness (QED) is 0.637. The molecule has 172 valence electrons. The standard InChI is InChI=1S/C27H36N2O3/c1-27(2,3)19-6-8-21(9-7-19)32-22-10-11-25-24(13-22)23(17-4-5-17)12-20(28-25)16-29-14-18(15-29)26(30)31/h10-13,17-19,21H,4-9,14-16H2,1-3H3,(H,30,31)/t19-,21-. The summed E-state index contributed by atoms with van der Waals surface area (Å²) in [6, 6.07) is 8.65. The van der Waals surface area contributed by atoms with Crippen molar-refractivity contribution in [3.8, 4) is 5.75 Å². The van der Waals surface area contributed by atoms with Gasteiger partial charge in [-0.25, -0.2) is 0 Å². The van der Waals surface area contributed by atoms with Gasteiger partial charge >= 0.3 is 5.97 Å². The highest BCUT2D eigenvalue weighted by atomic mass is 16.5. The summed E-state index contributed by atoms with van der Waals surface area (Å²) in [4.78, 5) is 18.2. The summed E-state index contributed by atoms with van der Waals surface area (Å²) in [5, 5.41) is 10.3. The molecular formula is C27H36N2O3. The van der Waals surface area contributed by atoms with Crippen LogP contribution in [0.5, 0.6) is 5.75 Å². The number of hydrogen-bond acceptors (Lipinski definition) is 4. The molecular weight excluding hydrogens is 400 g/mol. The molecule has 3 fully saturated rings. The van der Waals surface area contributed by atoms with Crippen LogP contribution < -0.4 is 4.74 Å². The fourth-order valence-electron chi connectivity index (χ4n) is 5.50. The van der Waals surface area contributed by atoms with Gasteiger partial charge in [-0.15, -0.1) is 0 Å². The SMILES string of the molecule is CC(C)(C)[C@H]1CC[C@H](Oc2ccc3nc(CN4CC(C(=O)O)C4)cc(C4CC4)c3c2)CC1. The van der Waals surface area contributed by atoms with Crippen LogP contribution in [0.2, 0.25) is 0 Å². The van der Waals surface area contributed by atoms with Gasteiger partial charge in [0.15, 0.2) is 0 Å². The van der Waals surface area contributed by atoms with Gasteiger partial charge in [-0.2, -0.15) is 0 Å². The van der Waals surface area contributed by atoms with E-state index in [4.69, 9.17) is 14.8 Å². The van der Waals surface area contributed by atoms with E-state index in [1.54, 1.807) is 0 Å². The number of aromatic nitrogens is 1. The molecule has 0 amide bonds. The first kappa shape index (κ1) is 21.7. The van der Waals surface area contributed by atoms with Crippen molar-refractivity contribution in [3.05, 3.63) is 35.5 Å². The second-order valence-corrected chi connectivity index (χ2v) is 11.3. The molecule has 1 aromatic heterocycles. The number of pyridine rings is 1. The average Bonchev–Trinajstić information content (AvgIpc) is 3.54. The van der Waals surface area contributed by atoms with Crippen LogP contribution in [0.3, 0.4) is 0 Å². The third kappa shape index (κ3) is 4.63. The molecule has 5 rings (SSSR count). The zero-order valence-corrected chi connectivity index (χ0v) is 19.6. The average molecular weight is 437 g/mol. The number of ether oxygens (including phenoxy) is 1. The van der Waals surface area contributed by atoms with Gasteiger partial charge in [0.25, 0.3) is 0 Å². The van der Waals surface area contributed by atoms with E-state index in [2.05, 4.69) is 49.9 Å². The van der Waals surface area contributed by atoms with Gasteiger partial charge in [-0.1, -0.05) is 20.8 Å². The monoisotopic (exact) mass is 436 g/mol. The molecule has 0 unspecified atom stereocenters. The largest absolute Gasteiger partial charge is 0.490 e. The van der Waals surface area contributed by atoms with Gasteiger partial charge < -0.3 is 9.84 Å². The summed E-state index contributed by atoms with van der Waals surface area (Å²) in [6.45, 7) is 9.05. The number of benzene rings is 1. The van der Waals surface area contributed by atoms with Crippen LogP contribution in [-0.2, 0) is 11.3 Å². The zero-order chi connectivity index (χ0) is 22.5. The molecule has 1 aromatic carbocycles. The van der Waals surface area contributed by atoms with Crippen molar-refractivity contribution in [2.24, 2.45) is 17.3 Å². The minimum atomic E-state index is -0.689. The second-order valence-electron chi connectivity index (χ2n) is 11.3. The predicted molar refractivity (Wildman–Crippen MR) is 126 cm³/mol. The number of nitrogens with zero attached hydrogens (tertiary/aromatic N) is 2.